The molecule has 0 bridgehead atoms. The zero-order chi connectivity index (χ0) is 21.7. The molecule has 0 radical (unpaired) electrons. The molecule has 162 valence electrons. The van der Waals surface area contributed by atoms with Gasteiger partial charge < -0.3 is 10.1 Å². The summed E-state index contributed by atoms with van der Waals surface area (Å²) in [5.41, 5.74) is 4.86. The molecule has 1 aliphatic rings. The number of nitrogens with zero attached hydrogens (tertiary/aromatic N) is 1. The Hall–Kier alpha value is -2.33. The molecule has 1 fully saturated rings. The van der Waals surface area contributed by atoms with Crippen LogP contribution in [0.4, 0.5) is 0 Å². The third kappa shape index (κ3) is 5.42. The molecule has 0 saturated carbocycles. The number of rotatable bonds is 7. The fourth-order valence-electron chi connectivity index (χ4n) is 4.41. The molecule has 3 rings (SSSR count). The predicted octanol–water partition coefficient (Wildman–Crippen LogP) is 5.22. The van der Waals surface area contributed by atoms with Crippen LogP contribution in [0, 0.1) is 12.8 Å². The van der Waals surface area contributed by atoms with Gasteiger partial charge >= 0.3 is 0 Å². The fraction of sp³-hybridized carbons (Fsp3) is 0.500. The molecule has 30 heavy (non-hydrogen) atoms. The number of methoxy groups -OCH3 is 1. The normalized spacial score (nSPS) is 16.5. The maximum atomic E-state index is 12.9. The summed E-state index contributed by atoms with van der Waals surface area (Å²) in [6.07, 6.45) is 1.84. The smallest absolute Gasteiger partial charge is 0.223 e. The van der Waals surface area contributed by atoms with E-state index in [0.717, 1.165) is 43.8 Å². The van der Waals surface area contributed by atoms with Crippen LogP contribution in [-0.2, 0) is 11.3 Å². The standard InChI is InChI=1S/C26H36N2O2/c1-18(2)23-16-24(19(3)15-25(23)30-5)20(4)27-26(29)22-11-13-28(14-12-22)17-21-9-7-6-8-10-21/h6-10,15-16,18,20,22H,11-14,17H2,1-5H3,(H,27,29)/t20-/m1/s1. The number of hydrogen-bond acceptors (Lipinski definition) is 3. The second-order valence-electron chi connectivity index (χ2n) is 8.87. The van der Waals surface area contributed by atoms with Gasteiger partial charge in [-0.25, -0.2) is 0 Å². The van der Waals surface area contributed by atoms with E-state index in [1.165, 1.54) is 16.7 Å². The first-order valence-corrected chi connectivity index (χ1v) is 11.1. The van der Waals surface area contributed by atoms with Crippen molar-refractivity contribution in [2.75, 3.05) is 20.2 Å². The minimum absolute atomic E-state index is 0.0109. The maximum Gasteiger partial charge on any atom is 0.223 e. The zero-order valence-electron chi connectivity index (χ0n) is 19.1. The van der Waals surface area contributed by atoms with Gasteiger partial charge in [0.1, 0.15) is 5.75 Å². The lowest BCUT2D eigenvalue weighted by molar-refractivity contribution is -0.127. The summed E-state index contributed by atoms with van der Waals surface area (Å²) in [7, 11) is 1.72. The molecule has 2 aromatic rings. The second kappa shape index (κ2) is 10.1. The average Bonchev–Trinajstić information content (AvgIpc) is 2.74. The van der Waals surface area contributed by atoms with Crippen LogP contribution in [0.3, 0.4) is 0 Å². The van der Waals surface area contributed by atoms with Gasteiger partial charge in [0.25, 0.3) is 0 Å². The van der Waals surface area contributed by atoms with Crippen LogP contribution in [-0.4, -0.2) is 31.0 Å². The molecular weight excluding hydrogens is 372 g/mol. The zero-order valence-corrected chi connectivity index (χ0v) is 19.1. The van der Waals surface area contributed by atoms with Crippen molar-refractivity contribution in [1.29, 1.82) is 0 Å². The Bertz CT molecular complexity index is 840. The summed E-state index contributed by atoms with van der Waals surface area (Å²) in [6, 6.07) is 14.8. The first kappa shape index (κ1) is 22.4. The van der Waals surface area contributed by atoms with Gasteiger partial charge in [0, 0.05) is 12.5 Å². The van der Waals surface area contributed by atoms with Gasteiger partial charge in [-0.2, -0.15) is 0 Å². The molecular formula is C26H36N2O2. The summed E-state index contributed by atoms with van der Waals surface area (Å²) < 4.78 is 5.56. The number of hydrogen-bond donors (Lipinski definition) is 1. The average molecular weight is 409 g/mol. The second-order valence-corrected chi connectivity index (χ2v) is 8.87. The van der Waals surface area contributed by atoms with Crippen LogP contribution in [0.5, 0.6) is 5.75 Å². The van der Waals surface area contributed by atoms with Crippen LogP contribution < -0.4 is 10.1 Å². The van der Waals surface area contributed by atoms with Gasteiger partial charge in [-0.05, 0) is 80.1 Å². The Labute approximate surface area is 181 Å². The minimum atomic E-state index is -0.0109. The van der Waals surface area contributed by atoms with Gasteiger partial charge in [-0.15, -0.1) is 0 Å². The van der Waals surface area contributed by atoms with Gasteiger partial charge in [0.15, 0.2) is 0 Å². The van der Waals surface area contributed by atoms with E-state index in [2.05, 4.69) is 80.4 Å². The summed E-state index contributed by atoms with van der Waals surface area (Å²) in [5, 5.41) is 3.28. The number of carbonyl (C=O) groups is 1. The van der Waals surface area contributed by atoms with E-state index in [1.807, 2.05) is 0 Å². The summed E-state index contributed by atoms with van der Waals surface area (Å²) >= 11 is 0. The van der Waals surface area contributed by atoms with Gasteiger partial charge in [-0.1, -0.05) is 44.2 Å². The van der Waals surface area contributed by atoms with Crippen molar-refractivity contribution in [2.45, 2.75) is 59.0 Å². The largest absolute Gasteiger partial charge is 0.496 e. The van der Waals surface area contributed by atoms with E-state index in [0.29, 0.717) is 5.92 Å². The van der Waals surface area contributed by atoms with Gasteiger partial charge in [0.05, 0.1) is 13.2 Å². The van der Waals surface area contributed by atoms with Gasteiger partial charge in [-0.3, -0.25) is 9.69 Å². The Morgan fingerprint density at radius 1 is 1.10 bits per heavy atom. The molecule has 1 saturated heterocycles. The third-order valence-corrected chi connectivity index (χ3v) is 6.27. The molecule has 4 nitrogen and oxygen atoms in total. The van der Waals surface area contributed by atoms with E-state index < -0.39 is 0 Å². The van der Waals surface area contributed by atoms with Crippen LogP contribution >= 0.6 is 0 Å². The molecule has 1 aliphatic heterocycles. The number of likely N-dealkylation sites (tertiary alicyclic amines) is 1. The molecule has 1 heterocycles. The summed E-state index contributed by atoms with van der Waals surface area (Å²) in [6.45, 7) is 11.4. The van der Waals surface area contributed by atoms with E-state index in [9.17, 15) is 4.79 Å². The number of benzene rings is 2. The number of amides is 1. The number of aryl methyl sites for hydroxylation is 1. The van der Waals surface area contributed by atoms with E-state index >= 15 is 0 Å². The minimum Gasteiger partial charge on any atom is -0.496 e. The van der Waals surface area contributed by atoms with Gasteiger partial charge in [0.2, 0.25) is 5.91 Å². The highest BCUT2D eigenvalue weighted by Crippen LogP contribution is 2.32. The Kier molecular flexibility index (Phi) is 7.54. The van der Waals surface area contributed by atoms with E-state index in [-0.39, 0.29) is 17.9 Å². The SMILES string of the molecule is COc1cc(C)c([C@@H](C)NC(=O)C2CCN(Cc3ccccc3)CC2)cc1C(C)C. The van der Waals surface area contributed by atoms with E-state index in [4.69, 9.17) is 4.74 Å². The number of nitrogens with one attached hydrogen (secondary N) is 1. The number of carbonyl (C=O) groups excluding carboxylic acids is 1. The van der Waals surface area contributed by atoms with Crippen molar-refractivity contribution < 1.29 is 9.53 Å². The molecule has 1 atom stereocenters. The quantitative estimate of drug-likeness (QED) is 0.683. The van der Waals surface area contributed by atoms with Crippen LogP contribution in [0.1, 0.15) is 67.8 Å². The predicted molar refractivity (Wildman–Crippen MR) is 123 cm³/mol. The lowest BCUT2D eigenvalue weighted by Gasteiger charge is -2.32. The van der Waals surface area contributed by atoms with Crippen LogP contribution in [0.25, 0.3) is 0 Å². The molecule has 0 unspecified atom stereocenters. The van der Waals surface area contributed by atoms with Crippen molar-refractivity contribution >= 4 is 5.91 Å². The molecule has 1 N–H and O–H groups in total. The third-order valence-electron chi connectivity index (χ3n) is 6.27. The fourth-order valence-corrected chi connectivity index (χ4v) is 4.41. The van der Waals surface area contributed by atoms with Crippen molar-refractivity contribution in [1.82, 2.24) is 10.2 Å². The molecule has 1 amide bonds. The number of piperidine rings is 1. The molecule has 0 aromatic heterocycles. The monoisotopic (exact) mass is 408 g/mol. The first-order valence-electron chi connectivity index (χ1n) is 11.1. The topological polar surface area (TPSA) is 41.6 Å². The first-order chi connectivity index (χ1) is 14.4. The molecule has 0 spiro atoms. The number of ether oxygens (including phenoxy) is 1. The van der Waals surface area contributed by atoms with Crippen molar-refractivity contribution in [3.05, 3.63) is 64.7 Å². The lowest BCUT2D eigenvalue weighted by atomic mass is 9.92. The highest BCUT2D eigenvalue weighted by atomic mass is 16.5. The van der Waals surface area contributed by atoms with Crippen molar-refractivity contribution in [3.8, 4) is 5.75 Å². The highest BCUT2D eigenvalue weighted by molar-refractivity contribution is 5.79. The molecule has 4 heteroatoms. The van der Waals surface area contributed by atoms with Crippen LogP contribution in [0.2, 0.25) is 0 Å². The Morgan fingerprint density at radius 2 is 1.77 bits per heavy atom. The maximum absolute atomic E-state index is 12.9. The van der Waals surface area contributed by atoms with Crippen molar-refractivity contribution in [3.63, 3.8) is 0 Å². The summed E-state index contributed by atoms with van der Waals surface area (Å²) in [4.78, 5) is 15.4. The Balaban J connectivity index is 1.58. The van der Waals surface area contributed by atoms with Crippen molar-refractivity contribution in [2.24, 2.45) is 5.92 Å². The summed E-state index contributed by atoms with van der Waals surface area (Å²) in [5.74, 6) is 1.58. The van der Waals surface area contributed by atoms with Crippen LogP contribution in [0.15, 0.2) is 42.5 Å². The van der Waals surface area contributed by atoms with E-state index in [1.54, 1.807) is 7.11 Å². The lowest BCUT2D eigenvalue weighted by Crippen LogP contribution is -2.41. The Morgan fingerprint density at radius 3 is 2.37 bits per heavy atom. The highest BCUT2D eigenvalue weighted by Gasteiger charge is 2.26. The molecule has 0 aliphatic carbocycles. The molecule has 2 aromatic carbocycles.